The molecule has 0 aromatic heterocycles. The number of benzene rings is 1. The van der Waals surface area contributed by atoms with E-state index in [1.807, 2.05) is 13.8 Å². The van der Waals surface area contributed by atoms with Crippen molar-refractivity contribution >= 4 is 23.6 Å². The first-order chi connectivity index (χ1) is 12.9. The summed E-state index contributed by atoms with van der Waals surface area (Å²) in [7, 11) is 0. The number of hydrogen-bond donors (Lipinski definition) is 2. The minimum atomic E-state index is -0.874. The van der Waals surface area contributed by atoms with Gasteiger partial charge in [-0.2, -0.15) is 0 Å². The van der Waals surface area contributed by atoms with E-state index in [-0.39, 0.29) is 25.1 Å². The largest absolute Gasteiger partial charge is 0.484 e. The van der Waals surface area contributed by atoms with E-state index in [0.717, 1.165) is 0 Å². The van der Waals surface area contributed by atoms with E-state index < -0.39 is 11.9 Å². The van der Waals surface area contributed by atoms with E-state index in [1.54, 1.807) is 29.2 Å². The predicted molar refractivity (Wildman–Crippen MR) is 101 cm³/mol. The molecular formula is C19H27N3O5. The maximum absolute atomic E-state index is 12.4. The standard InChI is InChI=1S/C19H27N3O5/c1-3-21(4-2)17(23)13-27-16-9-5-8-15(11-16)20-19(26)22-10-6-7-14(12-22)18(24)25/h5,8-9,11,14H,3-4,6-7,10,12-13H2,1-2H3,(H,20,26)(H,24,25). The molecule has 27 heavy (non-hydrogen) atoms. The number of piperidine rings is 1. The SMILES string of the molecule is CCN(CC)C(=O)COc1cccc(NC(=O)N2CCCC(C(=O)O)C2)c1. The summed E-state index contributed by atoms with van der Waals surface area (Å²) in [5, 5.41) is 11.9. The van der Waals surface area contributed by atoms with Gasteiger partial charge in [0.2, 0.25) is 0 Å². The normalized spacial score (nSPS) is 16.5. The molecule has 0 bridgehead atoms. The first kappa shape index (κ1) is 20.5. The monoisotopic (exact) mass is 377 g/mol. The fourth-order valence-electron chi connectivity index (χ4n) is 3.04. The first-order valence-corrected chi connectivity index (χ1v) is 9.24. The molecule has 1 heterocycles. The lowest BCUT2D eigenvalue weighted by Gasteiger charge is -2.30. The van der Waals surface area contributed by atoms with Crippen LogP contribution in [0.1, 0.15) is 26.7 Å². The summed E-state index contributed by atoms with van der Waals surface area (Å²) in [6.45, 7) is 5.75. The van der Waals surface area contributed by atoms with Crippen molar-refractivity contribution in [2.75, 3.05) is 38.1 Å². The number of anilines is 1. The highest BCUT2D eigenvalue weighted by Crippen LogP contribution is 2.20. The van der Waals surface area contributed by atoms with E-state index >= 15 is 0 Å². The molecule has 8 heteroatoms. The lowest BCUT2D eigenvalue weighted by atomic mass is 9.99. The summed E-state index contributed by atoms with van der Waals surface area (Å²) < 4.78 is 5.53. The van der Waals surface area contributed by atoms with Crippen LogP contribution in [0.4, 0.5) is 10.5 Å². The number of ether oxygens (including phenoxy) is 1. The first-order valence-electron chi connectivity index (χ1n) is 9.24. The highest BCUT2D eigenvalue weighted by atomic mass is 16.5. The third kappa shape index (κ3) is 5.87. The lowest BCUT2D eigenvalue weighted by Crippen LogP contribution is -2.44. The number of nitrogens with zero attached hydrogens (tertiary/aromatic N) is 2. The Kier molecular flexibility index (Phi) is 7.45. The van der Waals surface area contributed by atoms with Crippen molar-refractivity contribution in [1.29, 1.82) is 0 Å². The highest BCUT2D eigenvalue weighted by Gasteiger charge is 2.28. The molecule has 3 amide bonds. The average molecular weight is 377 g/mol. The molecule has 1 aromatic rings. The summed E-state index contributed by atoms with van der Waals surface area (Å²) in [5.41, 5.74) is 0.533. The molecule has 1 aromatic carbocycles. The zero-order chi connectivity index (χ0) is 19.8. The van der Waals surface area contributed by atoms with Crippen molar-refractivity contribution in [2.24, 2.45) is 5.92 Å². The molecule has 2 N–H and O–H groups in total. The van der Waals surface area contributed by atoms with Gasteiger partial charge in [0.15, 0.2) is 6.61 Å². The number of carboxylic acids is 1. The number of carbonyl (C=O) groups is 3. The zero-order valence-corrected chi connectivity index (χ0v) is 15.8. The van der Waals surface area contributed by atoms with Gasteiger partial charge in [-0.1, -0.05) is 6.07 Å². The average Bonchev–Trinajstić information content (AvgIpc) is 2.67. The van der Waals surface area contributed by atoms with Crippen LogP contribution in [0.3, 0.4) is 0 Å². The Hall–Kier alpha value is -2.77. The van der Waals surface area contributed by atoms with Crippen molar-refractivity contribution < 1.29 is 24.2 Å². The number of likely N-dealkylation sites (tertiary alicyclic amines) is 1. The van der Waals surface area contributed by atoms with Crippen LogP contribution in [0.15, 0.2) is 24.3 Å². The number of amides is 3. The number of carboxylic acid groups (broad SMARTS) is 1. The zero-order valence-electron chi connectivity index (χ0n) is 15.8. The van der Waals surface area contributed by atoms with Gasteiger partial charge in [-0.05, 0) is 38.8 Å². The molecule has 0 saturated carbocycles. The molecule has 8 nitrogen and oxygen atoms in total. The lowest BCUT2D eigenvalue weighted by molar-refractivity contribution is -0.143. The molecule has 0 spiro atoms. The Morgan fingerprint density at radius 3 is 2.70 bits per heavy atom. The van der Waals surface area contributed by atoms with Gasteiger partial charge in [0, 0.05) is 37.9 Å². The number of nitrogens with one attached hydrogen (secondary N) is 1. The molecule has 0 radical (unpaired) electrons. The number of rotatable bonds is 7. The van der Waals surface area contributed by atoms with Crippen LogP contribution in [0.25, 0.3) is 0 Å². The van der Waals surface area contributed by atoms with Crippen LogP contribution in [-0.4, -0.2) is 65.6 Å². The van der Waals surface area contributed by atoms with Crippen LogP contribution >= 0.6 is 0 Å². The molecule has 0 aliphatic carbocycles. The Morgan fingerprint density at radius 1 is 1.30 bits per heavy atom. The second kappa shape index (κ2) is 9.80. The van der Waals surface area contributed by atoms with Crippen LogP contribution in [0.2, 0.25) is 0 Å². The summed E-state index contributed by atoms with van der Waals surface area (Å²) in [4.78, 5) is 38.7. The second-order valence-corrected chi connectivity index (χ2v) is 6.44. The van der Waals surface area contributed by atoms with Gasteiger partial charge in [-0.3, -0.25) is 9.59 Å². The van der Waals surface area contributed by atoms with E-state index in [1.165, 1.54) is 4.90 Å². The van der Waals surface area contributed by atoms with E-state index in [2.05, 4.69) is 5.32 Å². The van der Waals surface area contributed by atoms with Gasteiger partial charge in [0.1, 0.15) is 5.75 Å². The van der Waals surface area contributed by atoms with Crippen molar-refractivity contribution in [3.63, 3.8) is 0 Å². The minimum Gasteiger partial charge on any atom is -0.484 e. The number of carbonyl (C=O) groups excluding carboxylic acids is 2. The fourth-order valence-corrected chi connectivity index (χ4v) is 3.04. The van der Waals surface area contributed by atoms with Crippen molar-refractivity contribution in [1.82, 2.24) is 9.80 Å². The molecule has 1 aliphatic heterocycles. The summed E-state index contributed by atoms with van der Waals surface area (Å²) in [6.07, 6.45) is 1.25. The minimum absolute atomic E-state index is 0.0640. The molecule has 1 fully saturated rings. The van der Waals surface area contributed by atoms with E-state index in [4.69, 9.17) is 9.84 Å². The van der Waals surface area contributed by atoms with Gasteiger partial charge < -0.3 is 25.0 Å². The molecule has 1 saturated heterocycles. The summed E-state index contributed by atoms with van der Waals surface area (Å²) in [5.74, 6) is -1.01. The van der Waals surface area contributed by atoms with Crippen molar-refractivity contribution in [3.05, 3.63) is 24.3 Å². The molecule has 1 unspecified atom stereocenters. The number of urea groups is 1. The van der Waals surface area contributed by atoms with Crippen LogP contribution in [0.5, 0.6) is 5.75 Å². The summed E-state index contributed by atoms with van der Waals surface area (Å²) >= 11 is 0. The number of hydrogen-bond acceptors (Lipinski definition) is 4. The van der Waals surface area contributed by atoms with Gasteiger partial charge >= 0.3 is 12.0 Å². The number of likely N-dealkylation sites (N-methyl/N-ethyl adjacent to an activating group) is 1. The van der Waals surface area contributed by atoms with Crippen LogP contribution in [-0.2, 0) is 9.59 Å². The molecule has 148 valence electrons. The smallest absolute Gasteiger partial charge is 0.321 e. The van der Waals surface area contributed by atoms with E-state index in [9.17, 15) is 14.4 Å². The van der Waals surface area contributed by atoms with Crippen molar-refractivity contribution in [3.8, 4) is 5.75 Å². The Morgan fingerprint density at radius 2 is 2.04 bits per heavy atom. The van der Waals surface area contributed by atoms with Gasteiger partial charge in [-0.25, -0.2) is 4.79 Å². The van der Waals surface area contributed by atoms with Gasteiger partial charge in [0.25, 0.3) is 5.91 Å². The molecule has 1 atom stereocenters. The Bertz CT molecular complexity index is 675. The van der Waals surface area contributed by atoms with Crippen molar-refractivity contribution in [2.45, 2.75) is 26.7 Å². The van der Waals surface area contributed by atoms with Gasteiger partial charge in [-0.15, -0.1) is 0 Å². The Balaban J connectivity index is 1.92. The van der Waals surface area contributed by atoms with Crippen LogP contribution < -0.4 is 10.1 Å². The maximum Gasteiger partial charge on any atom is 0.321 e. The van der Waals surface area contributed by atoms with Crippen LogP contribution in [0, 0.1) is 5.92 Å². The Labute approximate surface area is 159 Å². The third-order valence-electron chi connectivity index (χ3n) is 4.62. The fraction of sp³-hybridized carbons (Fsp3) is 0.526. The molecule has 1 aliphatic rings. The molecule has 2 rings (SSSR count). The topological polar surface area (TPSA) is 99.2 Å². The number of aliphatic carboxylic acids is 1. The quantitative estimate of drug-likeness (QED) is 0.759. The third-order valence-corrected chi connectivity index (χ3v) is 4.62. The second-order valence-electron chi connectivity index (χ2n) is 6.44. The molecular weight excluding hydrogens is 350 g/mol. The highest BCUT2D eigenvalue weighted by molar-refractivity contribution is 5.90. The predicted octanol–water partition coefficient (Wildman–Crippen LogP) is 2.26. The van der Waals surface area contributed by atoms with Gasteiger partial charge in [0.05, 0.1) is 5.92 Å². The summed E-state index contributed by atoms with van der Waals surface area (Å²) in [6, 6.07) is 6.47. The maximum atomic E-state index is 12.4. The van der Waals surface area contributed by atoms with E-state index in [0.29, 0.717) is 43.9 Å².